The average Bonchev–Trinajstić information content (AvgIpc) is 2.73. The molecule has 1 N–H and O–H groups in total. The largest absolute Gasteiger partial charge is 0.392 e. The van der Waals surface area contributed by atoms with Gasteiger partial charge in [0.05, 0.1) is 24.4 Å². The summed E-state index contributed by atoms with van der Waals surface area (Å²) in [6, 6.07) is 10.2. The van der Waals surface area contributed by atoms with Crippen molar-refractivity contribution in [3.63, 3.8) is 0 Å². The van der Waals surface area contributed by atoms with Gasteiger partial charge >= 0.3 is 0 Å². The molecule has 0 radical (unpaired) electrons. The Morgan fingerprint density at radius 3 is 2.70 bits per heavy atom. The van der Waals surface area contributed by atoms with E-state index in [2.05, 4.69) is 28.3 Å². The Bertz CT molecular complexity index is 756. The number of aliphatic hydroxyl groups excluding tert-OH is 1. The van der Waals surface area contributed by atoms with Crippen LogP contribution in [0, 0.1) is 13.8 Å². The van der Waals surface area contributed by atoms with Crippen LogP contribution in [0.3, 0.4) is 0 Å². The molecule has 0 aliphatic heterocycles. The molecule has 0 fully saturated rings. The lowest BCUT2D eigenvalue weighted by Crippen LogP contribution is -2.05. The molecule has 0 aliphatic rings. The molecular formula is C16H17N3O. The Kier molecular flexibility index (Phi) is 3.24. The first-order chi connectivity index (χ1) is 9.70. The summed E-state index contributed by atoms with van der Waals surface area (Å²) in [5.41, 5.74) is 4.96. The number of nitrogens with zero attached hydrogens (tertiary/aromatic N) is 3. The van der Waals surface area contributed by atoms with Crippen LogP contribution in [0.25, 0.3) is 10.9 Å². The molecule has 0 atom stereocenters. The van der Waals surface area contributed by atoms with Gasteiger partial charge in [0, 0.05) is 22.8 Å². The number of aromatic nitrogens is 3. The second kappa shape index (κ2) is 5.06. The summed E-state index contributed by atoms with van der Waals surface area (Å²) >= 11 is 0. The quantitative estimate of drug-likeness (QED) is 0.793. The molecule has 0 saturated heterocycles. The molecule has 4 heteroatoms. The minimum absolute atomic E-state index is 0.0332. The minimum Gasteiger partial charge on any atom is -0.392 e. The molecule has 102 valence electrons. The van der Waals surface area contributed by atoms with E-state index in [1.807, 2.05) is 36.9 Å². The highest BCUT2D eigenvalue weighted by molar-refractivity contribution is 5.81. The molecule has 2 aromatic heterocycles. The van der Waals surface area contributed by atoms with Gasteiger partial charge in [0.25, 0.3) is 0 Å². The van der Waals surface area contributed by atoms with Crippen LogP contribution in [0.2, 0.25) is 0 Å². The van der Waals surface area contributed by atoms with E-state index in [4.69, 9.17) is 0 Å². The van der Waals surface area contributed by atoms with E-state index in [0.29, 0.717) is 6.54 Å². The zero-order chi connectivity index (χ0) is 14.1. The molecule has 4 nitrogen and oxygen atoms in total. The van der Waals surface area contributed by atoms with Gasteiger partial charge in [0.1, 0.15) is 0 Å². The van der Waals surface area contributed by atoms with Crippen LogP contribution in [0.5, 0.6) is 0 Å². The highest BCUT2D eigenvalue weighted by atomic mass is 16.3. The van der Waals surface area contributed by atoms with Gasteiger partial charge in [-0.15, -0.1) is 0 Å². The Morgan fingerprint density at radius 1 is 1.15 bits per heavy atom. The van der Waals surface area contributed by atoms with Crippen LogP contribution < -0.4 is 0 Å². The predicted octanol–water partition coefficient (Wildman–Crippen LogP) is 2.59. The number of benzene rings is 1. The fraction of sp³-hybridized carbons (Fsp3) is 0.250. The number of rotatable bonds is 3. The molecule has 0 saturated carbocycles. The van der Waals surface area contributed by atoms with Crippen LogP contribution in [0.4, 0.5) is 0 Å². The molecule has 2 heterocycles. The fourth-order valence-corrected chi connectivity index (χ4v) is 2.57. The van der Waals surface area contributed by atoms with E-state index < -0.39 is 0 Å². The van der Waals surface area contributed by atoms with Crippen LogP contribution >= 0.6 is 0 Å². The van der Waals surface area contributed by atoms with Gasteiger partial charge in [-0.2, -0.15) is 5.10 Å². The lowest BCUT2D eigenvalue weighted by Gasteiger charge is -2.08. The van der Waals surface area contributed by atoms with Crippen molar-refractivity contribution in [2.24, 2.45) is 0 Å². The zero-order valence-electron chi connectivity index (χ0n) is 11.7. The second-order valence-electron chi connectivity index (χ2n) is 4.96. The van der Waals surface area contributed by atoms with E-state index in [1.165, 1.54) is 0 Å². The van der Waals surface area contributed by atoms with Gasteiger partial charge in [-0.1, -0.05) is 24.3 Å². The van der Waals surface area contributed by atoms with Gasteiger partial charge < -0.3 is 5.11 Å². The molecule has 1 aromatic carbocycles. The third-order valence-electron chi connectivity index (χ3n) is 3.73. The third-order valence-corrected chi connectivity index (χ3v) is 3.73. The second-order valence-corrected chi connectivity index (χ2v) is 4.96. The number of aliphatic hydroxyl groups is 1. The topological polar surface area (TPSA) is 50.9 Å². The standard InChI is InChI=1S/C16H17N3O/c1-11-15(10-20)12(2)19(18-11)9-14-6-3-5-13-7-4-8-17-16(13)14/h3-8,20H,9-10H2,1-2H3. The average molecular weight is 267 g/mol. The molecule has 0 amide bonds. The Morgan fingerprint density at radius 2 is 1.95 bits per heavy atom. The number of fused-ring (bicyclic) bond motifs is 1. The van der Waals surface area contributed by atoms with E-state index >= 15 is 0 Å². The molecule has 0 bridgehead atoms. The van der Waals surface area contributed by atoms with E-state index in [0.717, 1.165) is 33.4 Å². The van der Waals surface area contributed by atoms with Crippen LogP contribution in [0.15, 0.2) is 36.5 Å². The van der Waals surface area contributed by atoms with Gasteiger partial charge in [0.2, 0.25) is 0 Å². The summed E-state index contributed by atoms with van der Waals surface area (Å²) in [5.74, 6) is 0. The molecule has 3 rings (SSSR count). The normalized spacial score (nSPS) is 11.2. The van der Waals surface area contributed by atoms with Crippen LogP contribution in [-0.4, -0.2) is 19.9 Å². The number of hydrogen-bond acceptors (Lipinski definition) is 3. The smallest absolute Gasteiger partial charge is 0.0752 e. The molecule has 0 unspecified atom stereocenters. The first kappa shape index (κ1) is 12.8. The van der Waals surface area contributed by atoms with Crippen molar-refractivity contribution >= 4 is 10.9 Å². The Labute approximate surface area is 117 Å². The SMILES string of the molecule is Cc1nn(Cc2cccc3cccnc23)c(C)c1CO. The highest BCUT2D eigenvalue weighted by Gasteiger charge is 2.11. The van der Waals surface area contributed by atoms with Gasteiger partial charge in [-0.25, -0.2) is 0 Å². The van der Waals surface area contributed by atoms with Crippen molar-refractivity contribution in [3.8, 4) is 0 Å². The predicted molar refractivity (Wildman–Crippen MR) is 78.5 cm³/mol. The van der Waals surface area contributed by atoms with Gasteiger partial charge in [-0.3, -0.25) is 9.67 Å². The first-order valence-electron chi connectivity index (χ1n) is 6.67. The van der Waals surface area contributed by atoms with Gasteiger partial charge in [-0.05, 0) is 25.5 Å². The summed E-state index contributed by atoms with van der Waals surface area (Å²) in [7, 11) is 0. The van der Waals surface area contributed by atoms with Crippen molar-refractivity contribution in [2.75, 3.05) is 0 Å². The van der Waals surface area contributed by atoms with Crippen molar-refractivity contribution in [2.45, 2.75) is 27.0 Å². The summed E-state index contributed by atoms with van der Waals surface area (Å²) < 4.78 is 1.93. The molecule has 20 heavy (non-hydrogen) atoms. The number of pyridine rings is 1. The lowest BCUT2D eigenvalue weighted by molar-refractivity contribution is 0.280. The monoisotopic (exact) mass is 267 g/mol. The zero-order valence-corrected chi connectivity index (χ0v) is 11.7. The summed E-state index contributed by atoms with van der Waals surface area (Å²) in [6.45, 7) is 4.62. The molecule has 0 spiro atoms. The van der Waals surface area contributed by atoms with Gasteiger partial charge in [0.15, 0.2) is 0 Å². The fourth-order valence-electron chi connectivity index (χ4n) is 2.57. The number of hydrogen-bond donors (Lipinski definition) is 1. The summed E-state index contributed by atoms with van der Waals surface area (Å²) in [5, 5.41) is 15.0. The van der Waals surface area contributed by atoms with Crippen molar-refractivity contribution < 1.29 is 5.11 Å². The maximum Gasteiger partial charge on any atom is 0.0752 e. The maximum atomic E-state index is 9.38. The third kappa shape index (κ3) is 2.08. The van der Waals surface area contributed by atoms with Crippen molar-refractivity contribution in [3.05, 3.63) is 59.0 Å². The van der Waals surface area contributed by atoms with Crippen LogP contribution in [0.1, 0.15) is 22.5 Å². The Balaban J connectivity index is 2.06. The molecule has 0 aliphatic carbocycles. The summed E-state index contributed by atoms with van der Waals surface area (Å²) in [4.78, 5) is 4.47. The molecular weight excluding hydrogens is 250 g/mol. The Hall–Kier alpha value is -2.20. The number of aryl methyl sites for hydroxylation is 1. The van der Waals surface area contributed by atoms with E-state index in [-0.39, 0.29) is 6.61 Å². The first-order valence-corrected chi connectivity index (χ1v) is 6.67. The van der Waals surface area contributed by atoms with E-state index in [9.17, 15) is 5.11 Å². The van der Waals surface area contributed by atoms with Crippen molar-refractivity contribution in [1.29, 1.82) is 0 Å². The minimum atomic E-state index is 0.0332. The van der Waals surface area contributed by atoms with Crippen molar-refractivity contribution in [1.82, 2.24) is 14.8 Å². The maximum absolute atomic E-state index is 9.38. The number of para-hydroxylation sites is 1. The lowest BCUT2D eigenvalue weighted by atomic mass is 10.1. The highest BCUT2D eigenvalue weighted by Crippen LogP contribution is 2.19. The molecule has 3 aromatic rings. The van der Waals surface area contributed by atoms with E-state index in [1.54, 1.807) is 0 Å². The van der Waals surface area contributed by atoms with Crippen LogP contribution in [-0.2, 0) is 13.2 Å². The summed E-state index contributed by atoms with van der Waals surface area (Å²) in [6.07, 6.45) is 1.81.